The third kappa shape index (κ3) is 5.07. The van der Waals surface area contributed by atoms with Gasteiger partial charge in [0, 0.05) is 25.2 Å². The molecule has 1 fully saturated rings. The molecule has 5 heteroatoms. The SMILES string of the molecule is CC(=O)c1ccc(OCC2CN(CC=Cc3ccco3)CCO2)cc1C. The van der Waals surface area contributed by atoms with Gasteiger partial charge in [-0.2, -0.15) is 0 Å². The molecule has 0 amide bonds. The summed E-state index contributed by atoms with van der Waals surface area (Å²) in [6.07, 6.45) is 5.80. The van der Waals surface area contributed by atoms with Crippen LogP contribution in [0.15, 0.2) is 47.1 Å². The van der Waals surface area contributed by atoms with Crippen LogP contribution in [0.1, 0.15) is 28.6 Å². The fourth-order valence-electron chi connectivity index (χ4n) is 3.06. The average molecular weight is 355 g/mol. The van der Waals surface area contributed by atoms with E-state index in [1.54, 1.807) is 13.2 Å². The highest BCUT2D eigenvalue weighted by Gasteiger charge is 2.20. The zero-order valence-electron chi connectivity index (χ0n) is 15.3. The van der Waals surface area contributed by atoms with Crippen LogP contribution in [0.5, 0.6) is 5.75 Å². The number of furan rings is 1. The minimum atomic E-state index is 0.0357. The number of benzene rings is 1. The van der Waals surface area contributed by atoms with Gasteiger partial charge in [-0.1, -0.05) is 6.08 Å². The van der Waals surface area contributed by atoms with E-state index in [1.165, 1.54) is 0 Å². The van der Waals surface area contributed by atoms with Crippen molar-refractivity contribution in [1.29, 1.82) is 0 Å². The molecule has 1 aliphatic rings. The Bertz CT molecular complexity index is 751. The first-order chi connectivity index (χ1) is 12.6. The molecule has 0 saturated carbocycles. The molecule has 1 aromatic heterocycles. The standard InChI is InChI=1S/C21H25NO4/c1-16-13-19(7-8-21(16)17(2)23)26-15-20-14-22(10-12-25-20)9-3-5-18-6-4-11-24-18/h3-8,11,13,20H,9-10,12,14-15H2,1-2H3. The summed E-state index contributed by atoms with van der Waals surface area (Å²) in [5.41, 5.74) is 1.67. The van der Waals surface area contributed by atoms with Gasteiger partial charge in [-0.3, -0.25) is 9.69 Å². The number of morpholine rings is 1. The molecule has 2 aromatic rings. The van der Waals surface area contributed by atoms with Crippen LogP contribution in [0.3, 0.4) is 0 Å². The van der Waals surface area contributed by atoms with E-state index in [0.717, 1.165) is 42.3 Å². The Labute approximate surface area is 154 Å². The molecule has 1 atom stereocenters. The minimum Gasteiger partial charge on any atom is -0.491 e. The van der Waals surface area contributed by atoms with E-state index in [-0.39, 0.29) is 11.9 Å². The highest BCUT2D eigenvalue weighted by molar-refractivity contribution is 5.95. The first-order valence-electron chi connectivity index (χ1n) is 8.90. The van der Waals surface area contributed by atoms with Crippen LogP contribution in [0, 0.1) is 6.92 Å². The van der Waals surface area contributed by atoms with Gasteiger partial charge in [0.15, 0.2) is 5.78 Å². The summed E-state index contributed by atoms with van der Waals surface area (Å²) in [7, 11) is 0. The van der Waals surface area contributed by atoms with Crippen LogP contribution in [0.25, 0.3) is 6.08 Å². The summed E-state index contributed by atoms with van der Waals surface area (Å²) in [5.74, 6) is 1.70. The van der Waals surface area contributed by atoms with Gasteiger partial charge in [-0.15, -0.1) is 0 Å². The second-order valence-corrected chi connectivity index (χ2v) is 6.51. The van der Waals surface area contributed by atoms with Gasteiger partial charge in [-0.05, 0) is 55.8 Å². The van der Waals surface area contributed by atoms with Crippen LogP contribution in [0.2, 0.25) is 0 Å². The van der Waals surface area contributed by atoms with E-state index in [2.05, 4.69) is 11.0 Å². The van der Waals surface area contributed by atoms with E-state index in [4.69, 9.17) is 13.9 Å². The van der Waals surface area contributed by atoms with Crippen molar-refractivity contribution < 1.29 is 18.7 Å². The predicted molar refractivity (Wildman–Crippen MR) is 101 cm³/mol. The van der Waals surface area contributed by atoms with E-state index >= 15 is 0 Å². The monoisotopic (exact) mass is 355 g/mol. The highest BCUT2D eigenvalue weighted by Crippen LogP contribution is 2.18. The summed E-state index contributed by atoms with van der Waals surface area (Å²) >= 11 is 0. The maximum absolute atomic E-state index is 11.5. The first kappa shape index (κ1) is 18.4. The lowest BCUT2D eigenvalue weighted by Crippen LogP contribution is -2.44. The highest BCUT2D eigenvalue weighted by atomic mass is 16.5. The number of carbonyl (C=O) groups excluding carboxylic acids is 1. The summed E-state index contributed by atoms with van der Waals surface area (Å²) < 4.78 is 17.0. The molecular weight excluding hydrogens is 330 g/mol. The normalized spacial score (nSPS) is 18.3. The molecule has 26 heavy (non-hydrogen) atoms. The summed E-state index contributed by atoms with van der Waals surface area (Å²) in [6.45, 7) is 7.29. The Morgan fingerprint density at radius 1 is 1.38 bits per heavy atom. The van der Waals surface area contributed by atoms with E-state index in [9.17, 15) is 4.79 Å². The molecule has 138 valence electrons. The summed E-state index contributed by atoms with van der Waals surface area (Å²) in [4.78, 5) is 13.8. The zero-order chi connectivity index (χ0) is 18.4. The number of Topliss-reactive ketones (excluding diaryl/α,β-unsaturated/α-hetero) is 1. The van der Waals surface area contributed by atoms with Gasteiger partial charge >= 0.3 is 0 Å². The molecule has 5 nitrogen and oxygen atoms in total. The molecule has 0 spiro atoms. The fourth-order valence-corrected chi connectivity index (χ4v) is 3.06. The van der Waals surface area contributed by atoms with Crippen LogP contribution in [-0.4, -0.2) is 49.6 Å². The lowest BCUT2D eigenvalue weighted by Gasteiger charge is -2.32. The fraction of sp³-hybridized carbons (Fsp3) is 0.381. The average Bonchev–Trinajstić information content (AvgIpc) is 3.13. The van der Waals surface area contributed by atoms with E-state index < -0.39 is 0 Å². The van der Waals surface area contributed by atoms with Crippen molar-refractivity contribution in [3.8, 4) is 5.75 Å². The number of nitrogens with zero attached hydrogens (tertiary/aromatic N) is 1. The number of ether oxygens (including phenoxy) is 2. The second-order valence-electron chi connectivity index (χ2n) is 6.51. The van der Waals surface area contributed by atoms with Gasteiger partial charge in [0.1, 0.15) is 24.2 Å². The van der Waals surface area contributed by atoms with Crippen LogP contribution >= 0.6 is 0 Å². The largest absolute Gasteiger partial charge is 0.491 e. The number of hydrogen-bond donors (Lipinski definition) is 0. The number of carbonyl (C=O) groups is 1. The number of hydrogen-bond acceptors (Lipinski definition) is 5. The Kier molecular flexibility index (Phi) is 6.26. The van der Waals surface area contributed by atoms with Gasteiger partial charge in [0.25, 0.3) is 0 Å². The number of ketones is 1. The lowest BCUT2D eigenvalue weighted by atomic mass is 10.1. The molecule has 1 aliphatic heterocycles. The van der Waals surface area contributed by atoms with Crippen LogP contribution in [0.4, 0.5) is 0 Å². The van der Waals surface area contributed by atoms with Crippen molar-refractivity contribution in [3.05, 3.63) is 59.6 Å². The molecule has 1 aromatic carbocycles. The number of rotatable bonds is 7. The molecule has 0 radical (unpaired) electrons. The Morgan fingerprint density at radius 3 is 3.00 bits per heavy atom. The van der Waals surface area contributed by atoms with Crippen molar-refractivity contribution >= 4 is 11.9 Å². The molecule has 2 heterocycles. The summed E-state index contributed by atoms with van der Waals surface area (Å²) in [5, 5.41) is 0. The smallest absolute Gasteiger partial charge is 0.160 e. The second kappa shape index (κ2) is 8.83. The van der Waals surface area contributed by atoms with E-state index in [1.807, 2.05) is 43.3 Å². The van der Waals surface area contributed by atoms with Gasteiger partial charge < -0.3 is 13.9 Å². The third-order valence-electron chi connectivity index (χ3n) is 4.42. The Balaban J connectivity index is 1.47. The predicted octanol–water partition coefficient (Wildman–Crippen LogP) is 3.58. The zero-order valence-corrected chi connectivity index (χ0v) is 15.3. The van der Waals surface area contributed by atoms with Gasteiger partial charge in [0.05, 0.1) is 12.9 Å². The van der Waals surface area contributed by atoms with Crippen LogP contribution < -0.4 is 4.74 Å². The van der Waals surface area contributed by atoms with Gasteiger partial charge in [0.2, 0.25) is 0 Å². The molecule has 0 N–H and O–H groups in total. The maximum Gasteiger partial charge on any atom is 0.160 e. The van der Waals surface area contributed by atoms with Crippen molar-refractivity contribution in [3.63, 3.8) is 0 Å². The Hall–Kier alpha value is -2.37. The molecular formula is C21H25NO4. The van der Waals surface area contributed by atoms with E-state index in [0.29, 0.717) is 13.2 Å². The molecule has 1 saturated heterocycles. The molecule has 0 bridgehead atoms. The molecule has 0 aliphatic carbocycles. The van der Waals surface area contributed by atoms with Crippen molar-refractivity contribution in [1.82, 2.24) is 4.90 Å². The van der Waals surface area contributed by atoms with Gasteiger partial charge in [-0.25, -0.2) is 0 Å². The van der Waals surface area contributed by atoms with Crippen molar-refractivity contribution in [2.75, 3.05) is 32.8 Å². The summed E-state index contributed by atoms with van der Waals surface area (Å²) in [6, 6.07) is 9.39. The van der Waals surface area contributed by atoms with Crippen molar-refractivity contribution in [2.45, 2.75) is 20.0 Å². The lowest BCUT2D eigenvalue weighted by molar-refractivity contribution is -0.0446. The first-order valence-corrected chi connectivity index (χ1v) is 8.90. The van der Waals surface area contributed by atoms with Crippen LogP contribution in [-0.2, 0) is 4.74 Å². The maximum atomic E-state index is 11.5. The topological polar surface area (TPSA) is 51.9 Å². The molecule has 1 unspecified atom stereocenters. The quantitative estimate of drug-likeness (QED) is 0.711. The molecule has 3 rings (SSSR count). The Morgan fingerprint density at radius 2 is 2.27 bits per heavy atom. The minimum absolute atomic E-state index is 0.0357. The third-order valence-corrected chi connectivity index (χ3v) is 4.42. The van der Waals surface area contributed by atoms with Crippen molar-refractivity contribution in [2.24, 2.45) is 0 Å². The number of aryl methyl sites for hydroxylation is 1.